The van der Waals surface area contributed by atoms with E-state index in [1.165, 1.54) is 23.1 Å². The first-order valence-corrected chi connectivity index (χ1v) is 7.24. The van der Waals surface area contributed by atoms with Gasteiger partial charge < -0.3 is 4.90 Å². The number of carbonyl (C=O) groups excluding carboxylic acids is 2. The predicted octanol–water partition coefficient (Wildman–Crippen LogP) is 3.57. The van der Waals surface area contributed by atoms with E-state index in [0.29, 0.717) is 23.7 Å². The maximum absolute atomic E-state index is 13.4. The first-order valence-electron chi connectivity index (χ1n) is 7.24. The van der Waals surface area contributed by atoms with Gasteiger partial charge in [0.1, 0.15) is 5.82 Å². The van der Waals surface area contributed by atoms with Crippen molar-refractivity contribution >= 4 is 17.4 Å². The SMILES string of the molecule is CCCCC(CC)CN1C(=O)C(=O)c2ccc(F)cc21. The molecule has 0 spiro atoms. The molecule has 0 N–H and O–H groups in total. The zero-order chi connectivity index (χ0) is 14.7. The molecule has 4 heteroatoms. The number of ketones is 1. The average Bonchev–Trinajstić information content (AvgIpc) is 2.67. The molecule has 1 heterocycles. The lowest BCUT2D eigenvalue weighted by molar-refractivity contribution is -0.114. The Balaban J connectivity index is 2.22. The van der Waals surface area contributed by atoms with Crippen LogP contribution in [-0.2, 0) is 4.79 Å². The van der Waals surface area contributed by atoms with Gasteiger partial charge in [-0.2, -0.15) is 0 Å². The highest BCUT2D eigenvalue weighted by Gasteiger charge is 2.36. The van der Waals surface area contributed by atoms with Gasteiger partial charge in [0.15, 0.2) is 0 Å². The van der Waals surface area contributed by atoms with Crippen molar-refractivity contribution in [3.05, 3.63) is 29.6 Å². The highest BCUT2D eigenvalue weighted by molar-refractivity contribution is 6.52. The monoisotopic (exact) mass is 277 g/mol. The molecular weight excluding hydrogens is 257 g/mol. The van der Waals surface area contributed by atoms with Gasteiger partial charge in [0, 0.05) is 6.54 Å². The van der Waals surface area contributed by atoms with Gasteiger partial charge in [-0.25, -0.2) is 4.39 Å². The van der Waals surface area contributed by atoms with Crippen LogP contribution in [0.5, 0.6) is 0 Å². The summed E-state index contributed by atoms with van der Waals surface area (Å²) in [6.45, 7) is 4.70. The Hall–Kier alpha value is -1.71. The summed E-state index contributed by atoms with van der Waals surface area (Å²) in [5.41, 5.74) is 0.747. The van der Waals surface area contributed by atoms with Gasteiger partial charge in [-0.15, -0.1) is 0 Å². The van der Waals surface area contributed by atoms with E-state index in [-0.39, 0.29) is 0 Å². The highest BCUT2D eigenvalue weighted by atomic mass is 19.1. The number of fused-ring (bicyclic) bond motifs is 1. The quantitative estimate of drug-likeness (QED) is 0.745. The number of carbonyl (C=O) groups is 2. The van der Waals surface area contributed by atoms with Gasteiger partial charge in [-0.05, 0) is 30.5 Å². The molecule has 20 heavy (non-hydrogen) atoms. The standard InChI is InChI=1S/C16H20FNO2/c1-3-5-6-11(4-2)10-18-14-9-12(17)7-8-13(14)15(19)16(18)20/h7-9,11H,3-6,10H2,1-2H3. The summed E-state index contributed by atoms with van der Waals surface area (Å²) in [7, 11) is 0. The van der Waals surface area contributed by atoms with E-state index in [2.05, 4.69) is 13.8 Å². The summed E-state index contributed by atoms with van der Waals surface area (Å²) in [6.07, 6.45) is 4.18. The topological polar surface area (TPSA) is 37.4 Å². The maximum Gasteiger partial charge on any atom is 0.299 e. The number of rotatable bonds is 6. The Morgan fingerprint density at radius 1 is 1.25 bits per heavy atom. The van der Waals surface area contributed by atoms with Crippen LogP contribution in [0, 0.1) is 11.7 Å². The lowest BCUT2D eigenvalue weighted by Crippen LogP contribution is -2.34. The van der Waals surface area contributed by atoms with Crippen molar-refractivity contribution in [2.45, 2.75) is 39.5 Å². The molecule has 1 aromatic carbocycles. The minimum absolute atomic E-state index is 0.321. The lowest BCUT2D eigenvalue weighted by atomic mass is 9.98. The van der Waals surface area contributed by atoms with Crippen molar-refractivity contribution in [3.8, 4) is 0 Å². The molecule has 108 valence electrons. The van der Waals surface area contributed by atoms with E-state index in [9.17, 15) is 14.0 Å². The van der Waals surface area contributed by atoms with E-state index >= 15 is 0 Å². The number of amides is 1. The Morgan fingerprint density at radius 2 is 2.00 bits per heavy atom. The molecule has 1 aliphatic rings. The minimum atomic E-state index is -0.527. The zero-order valence-electron chi connectivity index (χ0n) is 12.0. The Kier molecular flexibility index (Phi) is 4.53. The van der Waals surface area contributed by atoms with Gasteiger partial charge in [0.2, 0.25) is 0 Å². The molecule has 1 aromatic rings. The van der Waals surface area contributed by atoms with Gasteiger partial charge in [0.05, 0.1) is 11.3 Å². The van der Waals surface area contributed by atoms with Gasteiger partial charge in [-0.1, -0.05) is 33.1 Å². The number of unbranched alkanes of at least 4 members (excludes halogenated alkanes) is 1. The largest absolute Gasteiger partial charge is 0.304 e. The van der Waals surface area contributed by atoms with Crippen molar-refractivity contribution in [1.82, 2.24) is 0 Å². The van der Waals surface area contributed by atoms with Crippen molar-refractivity contribution in [1.29, 1.82) is 0 Å². The van der Waals surface area contributed by atoms with Gasteiger partial charge in [0.25, 0.3) is 11.7 Å². The van der Waals surface area contributed by atoms with Crippen LogP contribution in [0.3, 0.4) is 0 Å². The molecule has 0 saturated carbocycles. The van der Waals surface area contributed by atoms with Crippen molar-refractivity contribution in [3.63, 3.8) is 0 Å². The van der Waals surface area contributed by atoms with Crippen molar-refractivity contribution in [2.24, 2.45) is 5.92 Å². The molecule has 1 amide bonds. The normalized spacial score (nSPS) is 15.7. The van der Waals surface area contributed by atoms with Gasteiger partial charge >= 0.3 is 0 Å². The third-order valence-corrected chi connectivity index (χ3v) is 3.92. The summed E-state index contributed by atoms with van der Waals surface area (Å²) >= 11 is 0. The summed E-state index contributed by atoms with van der Waals surface area (Å²) < 4.78 is 13.4. The maximum atomic E-state index is 13.4. The zero-order valence-corrected chi connectivity index (χ0v) is 12.0. The molecular formula is C16H20FNO2. The molecule has 0 aliphatic carbocycles. The van der Waals surface area contributed by atoms with E-state index in [4.69, 9.17) is 0 Å². The molecule has 0 saturated heterocycles. The molecule has 1 unspecified atom stereocenters. The van der Waals surface area contributed by atoms with Crippen LogP contribution in [0.15, 0.2) is 18.2 Å². The van der Waals surface area contributed by atoms with Crippen LogP contribution in [0.25, 0.3) is 0 Å². The second-order valence-corrected chi connectivity index (χ2v) is 5.32. The Bertz CT molecular complexity index is 527. The first kappa shape index (κ1) is 14.7. The molecule has 0 aromatic heterocycles. The van der Waals surface area contributed by atoms with E-state index in [1.807, 2.05) is 0 Å². The number of benzene rings is 1. The fraction of sp³-hybridized carbons (Fsp3) is 0.500. The number of hydrogen-bond acceptors (Lipinski definition) is 2. The van der Waals surface area contributed by atoms with E-state index in [1.54, 1.807) is 0 Å². The predicted molar refractivity (Wildman–Crippen MR) is 76.4 cm³/mol. The van der Waals surface area contributed by atoms with Crippen molar-refractivity contribution < 1.29 is 14.0 Å². The fourth-order valence-corrected chi connectivity index (χ4v) is 2.62. The summed E-state index contributed by atoms with van der Waals surface area (Å²) in [5.74, 6) is -1.12. The lowest BCUT2D eigenvalue weighted by Gasteiger charge is -2.23. The molecule has 0 bridgehead atoms. The second kappa shape index (κ2) is 6.16. The molecule has 0 radical (unpaired) electrons. The molecule has 2 rings (SSSR count). The van der Waals surface area contributed by atoms with Gasteiger partial charge in [-0.3, -0.25) is 9.59 Å². The van der Waals surface area contributed by atoms with Crippen molar-refractivity contribution in [2.75, 3.05) is 11.4 Å². The fourth-order valence-electron chi connectivity index (χ4n) is 2.62. The minimum Gasteiger partial charge on any atom is -0.304 e. The molecule has 1 aliphatic heterocycles. The third-order valence-electron chi connectivity index (χ3n) is 3.92. The Labute approximate surface area is 118 Å². The average molecular weight is 277 g/mol. The number of Topliss-reactive ketones (excluding diaryl/α,β-unsaturated/α-hetero) is 1. The molecule has 1 atom stereocenters. The summed E-state index contributed by atoms with van der Waals surface area (Å²) in [5, 5.41) is 0. The van der Waals surface area contributed by atoms with E-state index in [0.717, 1.165) is 25.7 Å². The van der Waals surface area contributed by atoms with Crippen LogP contribution < -0.4 is 4.90 Å². The van der Waals surface area contributed by atoms with Crippen LogP contribution in [0.1, 0.15) is 49.9 Å². The molecule has 0 fully saturated rings. The number of anilines is 1. The highest BCUT2D eigenvalue weighted by Crippen LogP contribution is 2.31. The third kappa shape index (κ3) is 2.74. The van der Waals surface area contributed by atoms with Crippen LogP contribution >= 0.6 is 0 Å². The second-order valence-electron chi connectivity index (χ2n) is 5.32. The number of hydrogen-bond donors (Lipinski definition) is 0. The summed E-state index contributed by atoms with van der Waals surface area (Å²) in [4.78, 5) is 25.4. The summed E-state index contributed by atoms with van der Waals surface area (Å²) in [6, 6.07) is 3.91. The first-order chi connectivity index (χ1) is 9.58. The number of halogens is 1. The molecule has 3 nitrogen and oxygen atoms in total. The van der Waals surface area contributed by atoms with E-state index < -0.39 is 17.5 Å². The Morgan fingerprint density at radius 3 is 2.65 bits per heavy atom. The van der Waals surface area contributed by atoms with Crippen LogP contribution in [0.2, 0.25) is 0 Å². The smallest absolute Gasteiger partial charge is 0.299 e. The van der Waals surface area contributed by atoms with Crippen LogP contribution in [0.4, 0.5) is 10.1 Å². The number of nitrogens with zero attached hydrogens (tertiary/aromatic N) is 1. The van der Waals surface area contributed by atoms with Crippen LogP contribution in [-0.4, -0.2) is 18.2 Å².